The van der Waals surface area contributed by atoms with Crippen LogP contribution in [0.2, 0.25) is 0 Å². The number of hydrogen-bond donors (Lipinski definition) is 0. The van der Waals surface area contributed by atoms with E-state index in [1.165, 1.54) is 55.6 Å². The second kappa shape index (κ2) is 7.13. The average molecular weight is 419 g/mol. The van der Waals surface area contributed by atoms with E-state index >= 15 is 0 Å². The molecule has 0 radical (unpaired) electrons. The summed E-state index contributed by atoms with van der Waals surface area (Å²) in [7, 11) is -2.61. The maximum absolute atomic E-state index is 13.0. The number of carbonyl (C=O) groups is 2. The van der Waals surface area contributed by atoms with Crippen LogP contribution in [0, 0.1) is 11.3 Å². The van der Waals surface area contributed by atoms with Crippen molar-refractivity contribution in [3.8, 4) is 17.6 Å². The van der Waals surface area contributed by atoms with E-state index in [9.17, 15) is 18.0 Å². The number of benzene rings is 3. The summed E-state index contributed by atoms with van der Waals surface area (Å²) in [6.07, 6.45) is 0. The van der Waals surface area contributed by atoms with Crippen LogP contribution in [0.3, 0.4) is 0 Å². The summed E-state index contributed by atoms with van der Waals surface area (Å²) >= 11 is 0. The molecule has 0 saturated carbocycles. The van der Waals surface area contributed by atoms with Crippen molar-refractivity contribution < 1.29 is 27.5 Å². The van der Waals surface area contributed by atoms with Crippen molar-refractivity contribution in [1.82, 2.24) is 0 Å². The molecular weight excluding hydrogens is 406 g/mol. The highest BCUT2D eigenvalue weighted by Gasteiger charge is 2.35. The van der Waals surface area contributed by atoms with E-state index in [2.05, 4.69) is 0 Å². The Hall–Kier alpha value is -3.96. The van der Waals surface area contributed by atoms with Crippen LogP contribution in [-0.4, -0.2) is 27.3 Å². The summed E-state index contributed by atoms with van der Waals surface area (Å²) in [5, 5.41) is 8.96. The van der Waals surface area contributed by atoms with Gasteiger partial charge >= 0.3 is 5.97 Å². The minimum Gasteiger partial charge on any atom is -0.493 e. The summed E-state index contributed by atoms with van der Waals surface area (Å²) in [5.74, 6) is -1.01. The van der Waals surface area contributed by atoms with E-state index < -0.39 is 21.6 Å². The van der Waals surface area contributed by atoms with Gasteiger partial charge in [0.15, 0.2) is 17.3 Å². The molecule has 3 aromatic carbocycles. The molecule has 0 amide bonds. The van der Waals surface area contributed by atoms with Crippen molar-refractivity contribution in [2.45, 2.75) is 9.79 Å². The summed E-state index contributed by atoms with van der Waals surface area (Å²) in [4.78, 5) is 25.0. The lowest BCUT2D eigenvalue weighted by atomic mass is 10.0. The molecule has 1 aliphatic heterocycles. The topological polar surface area (TPSA) is 111 Å². The monoisotopic (exact) mass is 419 g/mol. The van der Waals surface area contributed by atoms with Gasteiger partial charge in [-0.25, -0.2) is 13.2 Å². The number of ketones is 1. The Morgan fingerprint density at radius 2 is 1.67 bits per heavy atom. The molecule has 0 unspecified atom stereocenters. The predicted octanol–water partition coefficient (Wildman–Crippen LogP) is 3.16. The standard InChI is InChI=1S/C22H13NO6S/c1-28-18-10-13(12-23)6-9-17(18)29-22(25)14-7-8-16-20(11-14)30(26,27)19-5-3-2-4-15(19)21(16)24/h2-11H,1H3. The van der Waals surface area contributed by atoms with Gasteiger partial charge in [-0.05, 0) is 42.5 Å². The lowest BCUT2D eigenvalue weighted by Crippen LogP contribution is -2.21. The molecule has 0 fully saturated rings. The summed E-state index contributed by atoms with van der Waals surface area (Å²) in [6, 6.07) is 15.9. The number of fused-ring (bicyclic) bond motifs is 2. The fraction of sp³-hybridized carbons (Fsp3) is 0.0455. The Bertz CT molecular complexity index is 1370. The fourth-order valence-electron chi connectivity index (χ4n) is 3.19. The molecular formula is C22H13NO6S. The van der Waals surface area contributed by atoms with Gasteiger partial charge < -0.3 is 9.47 Å². The van der Waals surface area contributed by atoms with Crippen LogP contribution in [0.4, 0.5) is 0 Å². The Kier molecular flexibility index (Phi) is 4.60. The van der Waals surface area contributed by atoms with Gasteiger partial charge in [0, 0.05) is 17.2 Å². The molecule has 0 aliphatic carbocycles. The largest absolute Gasteiger partial charge is 0.493 e. The quantitative estimate of drug-likeness (QED) is 0.370. The zero-order valence-electron chi connectivity index (χ0n) is 15.6. The van der Waals surface area contributed by atoms with E-state index in [4.69, 9.17) is 14.7 Å². The highest BCUT2D eigenvalue weighted by molar-refractivity contribution is 7.91. The first-order valence-corrected chi connectivity index (χ1v) is 10.2. The average Bonchev–Trinajstić information content (AvgIpc) is 2.77. The van der Waals surface area contributed by atoms with Crippen molar-refractivity contribution in [2.24, 2.45) is 0 Å². The number of sulfone groups is 1. The first-order chi connectivity index (χ1) is 14.4. The van der Waals surface area contributed by atoms with E-state index in [-0.39, 0.29) is 38.0 Å². The number of esters is 1. The van der Waals surface area contributed by atoms with Crippen molar-refractivity contribution in [1.29, 1.82) is 5.26 Å². The Morgan fingerprint density at radius 3 is 2.40 bits per heavy atom. The second-order valence-electron chi connectivity index (χ2n) is 6.41. The molecule has 0 N–H and O–H groups in total. The van der Waals surface area contributed by atoms with Gasteiger partial charge in [-0.15, -0.1) is 0 Å². The van der Waals surface area contributed by atoms with Crippen LogP contribution in [0.25, 0.3) is 0 Å². The van der Waals surface area contributed by atoms with E-state index in [1.807, 2.05) is 6.07 Å². The van der Waals surface area contributed by atoms with Crippen molar-refractivity contribution in [3.05, 3.63) is 82.9 Å². The number of ether oxygens (including phenoxy) is 2. The highest BCUT2D eigenvalue weighted by Crippen LogP contribution is 2.35. The minimum absolute atomic E-state index is 0.00111. The van der Waals surface area contributed by atoms with Crippen LogP contribution < -0.4 is 9.47 Å². The van der Waals surface area contributed by atoms with Crippen LogP contribution in [-0.2, 0) is 9.84 Å². The SMILES string of the molecule is COc1cc(C#N)ccc1OC(=O)c1ccc2c(c1)S(=O)(=O)c1ccccc1C2=O. The molecule has 0 atom stereocenters. The fourth-order valence-corrected chi connectivity index (χ4v) is 4.87. The highest BCUT2D eigenvalue weighted by atomic mass is 32.2. The van der Waals surface area contributed by atoms with Gasteiger partial charge in [-0.3, -0.25) is 4.79 Å². The Labute approximate surface area is 172 Å². The first kappa shape index (κ1) is 19.4. The molecule has 0 saturated heterocycles. The molecule has 4 rings (SSSR count). The third-order valence-electron chi connectivity index (χ3n) is 4.67. The van der Waals surface area contributed by atoms with Crippen LogP contribution in [0.1, 0.15) is 31.8 Å². The van der Waals surface area contributed by atoms with Gasteiger partial charge in [0.25, 0.3) is 0 Å². The molecule has 3 aromatic rings. The van der Waals surface area contributed by atoms with E-state index in [0.717, 1.165) is 6.07 Å². The lowest BCUT2D eigenvalue weighted by Gasteiger charge is -2.19. The van der Waals surface area contributed by atoms with Crippen molar-refractivity contribution in [2.75, 3.05) is 7.11 Å². The normalized spacial score (nSPS) is 13.5. The Morgan fingerprint density at radius 1 is 0.933 bits per heavy atom. The van der Waals surface area contributed by atoms with Crippen LogP contribution in [0.15, 0.2) is 70.5 Å². The molecule has 0 aromatic heterocycles. The molecule has 0 spiro atoms. The van der Waals surface area contributed by atoms with Gasteiger partial charge in [0.2, 0.25) is 9.84 Å². The minimum atomic E-state index is -3.97. The van der Waals surface area contributed by atoms with Crippen LogP contribution >= 0.6 is 0 Å². The molecule has 1 heterocycles. The van der Waals surface area contributed by atoms with E-state index in [0.29, 0.717) is 5.56 Å². The molecule has 7 nitrogen and oxygen atoms in total. The van der Waals surface area contributed by atoms with Crippen LogP contribution in [0.5, 0.6) is 11.5 Å². The van der Waals surface area contributed by atoms with Gasteiger partial charge in [-0.2, -0.15) is 5.26 Å². The maximum atomic E-state index is 13.0. The zero-order chi connectivity index (χ0) is 21.5. The zero-order valence-corrected chi connectivity index (χ0v) is 16.4. The predicted molar refractivity (Wildman–Crippen MR) is 104 cm³/mol. The maximum Gasteiger partial charge on any atom is 0.343 e. The summed E-state index contributed by atoms with van der Waals surface area (Å²) in [5.41, 5.74) is 0.378. The lowest BCUT2D eigenvalue weighted by molar-refractivity contribution is 0.0729. The molecule has 1 aliphatic rings. The molecule has 148 valence electrons. The number of nitrogens with zero attached hydrogens (tertiary/aromatic N) is 1. The number of hydrogen-bond acceptors (Lipinski definition) is 7. The third-order valence-corrected chi connectivity index (χ3v) is 6.52. The van der Waals surface area contributed by atoms with E-state index in [1.54, 1.807) is 6.07 Å². The summed E-state index contributed by atoms with van der Waals surface area (Å²) < 4.78 is 36.4. The molecule has 30 heavy (non-hydrogen) atoms. The van der Waals surface area contributed by atoms with Gasteiger partial charge in [0.1, 0.15) is 0 Å². The molecule has 8 heteroatoms. The summed E-state index contributed by atoms with van der Waals surface area (Å²) in [6.45, 7) is 0. The number of nitriles is 1. The van der Waals surface area contributed by atoms with Crippen molar-refractivity contribution >= 4 is 21.6 Å². The second-order valence-corrected chi connectivity index (χ2v) is 8.29. The van der Waals surface area contributed by atoms with Crippen molar-refractivity contribution in [3.63, 3.8) is 0 Å². The third kappa shape index (κ3) is 3.02. The Balaban J connectivity index is 1.74. The number of carbonyl (C=O) groups excluding carboxylic acids is 2. The smallest absolute Gasteiger partial charge is 0.343 e. The van der Waals surface area contributed by atoms with Gasteiger partial charge in [0.05, 0.1) is 34.1 Å². The first-order valence-electron chi connectivity index (χ1n) is 8.70. The number of rotatable bonds is 3. The van der Waals surface area contributed by atoms with Gasteiger partial charge in [-0.1, -0.05) is 12.1 Å². The number of methoxy groups -OCH3 is 1. The molecule has 0 bridgehead atoms.